The number of nitrogens with zero attached hydrogens (tertiary/aromatic N) is 4. The highest BCUT2D eigenvalue weighted by Crippen LogP contribution is 2.39. The highest BCUT2D eigenvalue weighted by Gasteiger charge is 2.31. The number of nitrogen functional groups attached to an aromatic ring is 1. The van der Waals surface area contributed by atoms with Gasteiger partial charge in [0.25, 0.3) is 5.91 Å². The Morgan fingerprint density at radius 2 is 1.76 bits per heavy atom. The number of halogens is 1. The van der Waals surface area contributed by atoms with Crippen molar-refractivity contribution >= 4 is 11.7 Å². The van der Waals surface area contributed by atoms with Crippen LogP contribution < -0.4 is 15.8 Å². The number of aliphatic hydroxyl groups excluding tert-OH is 1. The summed E-state index contributed by atoms with van der Waals surface area (Å²) >= 11 is 0. The topological polar surface area (TPSA) is 126 Å². The van der Waals surface area contributed by atoms with Crippen molar-refractivity contribution in [3.8, 4) is 28.0 Å². The lowest BCUT2D eigenvalue weighted by Crippen LogP contribution is -2.48. The van der Waals surface area contributed by atoms with Crippen molar-refractivity contribution < 1.29 is 23.8 Å². The van der Waals surface area contributed by atoms with Crippen LogP contribution in [0.4, 0.5) is 10.2 Å². The molecule has 1 aliphatic carbocycles. The summed E-state index contributed by atoms with van der Waals surface area (Å²) in [5, 5.41) is 12.4. The van der Waals surface area contributed by atoms with Gasteiger partial charge in [0.15, 0.2) is 0 Å². The SMILES string of the molecule is Nc1ncc(-c2cncc(F)c2)cc1C(=O)N[C@H]1CCC[C@@H]1OCc1ccc(-c2ccc3c(c2)OCCC3N2CCN(CCO)CC2)cc1. The number of amides is 1. The van der Waals surface area contributed by atoms with Gasteiger partial charge in [-0.1, -0.05) is 36.4 Å². The molecule has 2 fully saturated rings. The Morgan fingerprint density at radius 3 is 2.55 bits per heavy atom. The molecule has 0 radical (unpaired) electrons. The van der Waals surface area contributed by atoms with Gasteiger partial charge in [0.2, 0.25) is 0 Å². The van der Waals surface area contributed by atoms with Gasteiger partial charge in [-0.15, -0.1) is 0 Å². The lowest BCUT2D eigenvalue weighted by atomic mass is 9.94. The van der Waals surface area contributed by atoms with E-state index in [0.29, 0.717) is 30.4 Å². The second-order valence-corrected chi connectivity index (χ2v) is 13.1. The molecule has 1 saturated carbocycles. The number of carbonyl (C=O) groups is 1. The van der Waals surface area contributed by atoms with Crippen LogP contribution in [0.5, 0.6) is 5.75 Å². The second-order valence-electron chi connectivity index (χ2n) is 13.1. The number of nitrogens with one attached hydrogen (secondary N) is 1. The van der Waals surface area contributed by atoms with Crippen LogP contribution in [0.1, 0.15) is 53.2 Å². The van der Waals surface area contributed by atoms with Gasteiger partial charge in [-0.05, 0) is 54.2 Å². The molecule has 7 rings (SSSR count). The Kier molecular flexibility index (Phi) is 10.1. The molecular formula is C38H43FN6O4. The van der Waals surface area contributed by atoms with Crippen molar-refractivity contribution in [3.63, 3.8) is 0 Å². The summed E-state index contributed by atoms with van der Waals surface area (Å²) in [4.78, 5) is 26.2. The first-order valence-electron chi connectivity index (χ1n) is 17.2. The Labute approximate surface area is 286 Å². The zero-order valence-electron chi connectivity index (χ0n) is 27.6. The molecule has 2 aromatic carbocycles. The summed E-state index contributed by atoms with van der Waals surface area (Å²) in [6, 6.07) is 18.1. The largest absolute Gasteiger partial charge is 0.493 e. The number of nitrogens with two attached hydrogens (primary N) is 1. The van der Waals surface area contributed by atoms with E-state index in [0.717, 1.165) is 87.0 Å². The van der Waals surface area contributed by atoms with Crippen LogP contribution in [0.15, 0.2) is 73.2 Å². The van der Waals surface area contributed by atoms with Crippen molar-refractivity contribution in [2.45, 2.75) is 50.5 Å². The Morgan fingerprint density at radius 1 is 0.959 bits per heavy atom. The van der Waals surface area contributed by atoms with Crippen LogP contribution in [0.2, 0.25) is 0 Å². The minimum atomic E-state index is -0.468. The van der Waals surface area contributed by atoms with Crippen molar-refractivity contribution in [1.29, 1.82) is 0 Å². The fourth-order valence-electron chi connectivity index (χ4n) is 7.29. The van der Waals surface area contributed by atoms with Gasteiger partial charge in [-0.3, -0.25) is 19.6 Å². The van der Waals surface area contributed by atoms with Gasteiger partial charge >= 0.3 is 0 Å². The summed E-state index contributed by atoms with van der Waals surface area (Å²) in [5.74, 6) is 0.273. The molecule has 4 aromatic rings. The monoisotopic (exact) mass is 666 g/mol. The zero-order chi connectivity index (χ0) is 33.7. The molecule has 256 valence electrons. The molecule has 4 N–H and O–H groups in total. The Hall–Kier alpha value is -4.42. The lowest BCUT2D eigenvalue weighted by Gasteiger charge is -2.41. The number of pyridine rings is 2. The summed E-state index contributed by atoms with van der Waals surface area (Å²) in [7, 11) is 0. The molecule has 1 unspecified atom stereocenters. The maximum absolute atomic E-state index is 13.7. The third-order valence-electron chi connectivity index (χ3n) is 10.0. The average molecular weight is 667 g/mol. The molecule has 0 spiro atoms. The first-order valence-corrected chi connectivity index (χ1v) is 17.2. The number of anilines is 1. The quantitative estimate of drug-likeness (QED) is 0.218. The van der Waals surface area contributed by atoms with E-state index < -0.39 is 5.82 Å². The third kappa shape index (κ3) is 7.60. The number of aromatic nitrogens is 2. The fourth-order valence-corrected chi connectivity index (χ4v) is 7.29. The van der Waals surface area contributed by atoms with E-state index in [-0.39, 0.29) is 36.0 Å². The van der Waals surface area contributed by atoms with Gasteiger partial charge in [-0.2, -0.15) is 0 Å². The Bertz CT molecular complexity index is 1760. The van der Waals surface area contributed by atoms with Crippen LogP contribution in [-0.2, 0) is 11.3 Å². The average Bonchev–Trinajstić information content (AvgIpc) is 3.57. The standard InChI is InChI=1S/C38H43FN6O4/c39-30-18-28(21-41-23-30)29-19-32(37(40)42-22-29)38(47)43-33-2-1-3-35(33)49-24-25-4-6-26(7-5-25)27-8-9-31-34(10-17-48-36(31)20-27)45-13-11-44(12-14-45)15-16-46/h4-9,18-23,33-35,46H,1-3,10-17,24H2,(H2,40,42)(H,43,47)/t33-,34?,35-/m0/s1. The second kappa shape index (κ2) is 15.0. The number of hydrogen-bond acceptors (Lipinski definition) is 9. The maximum Gasteiger partial charge on any atom is 0.255 e. The normalized spacial score (nSPS) is 21.2. The van der Waals surface area contributed by atoms with Gasteiger partial charge < -0.3 is 25.6 Å². The molecule has 49 heavy (non-hydrogen) atoms. The summed E-state index contributed by atoms with van der Waals surface area (Å²) in [6.07, 6.45) is 7.61. The van der Waals surface area contributed by atoms with Crippen molar-refractivity contribution in [2.24, 2.45) is 0 Å². The van der Waals surface area contributed by atoms with E-state index in [2.05, 4.69) is 67.5 Å². The van der Waals surface area contributed by atoms with Crippen LogP contribution in [-0.4, -0.2) is 88.9 Å². The Balaban J connectivity index is 0.952. The number of carbonyl (C=O) groups excluding carboxylic acids is 1. The van der Waals surface area contributed by atoms with Gasteiger partial charge in [0, 0.05) is 74.3 Å². The van der Waals surface area contributed by atoms with Crippen molar-refractivity contribution in [2.75, 3.05) is 51.7 Å². The van der Waals surface area contributed by atoms with E-state index in [9.17, 15) is 14.3 Å². The zero-order valence-corrected chi connectivity index (χ0v) is 27.6. The number of fused-ring (bicyclic) bond motifs is 1. The first-order chi connectivity index (χ1) is 23.9. The number of β-amino-alcohol motifs (C(OH)–C–C–N with tert-alkyl or cyclic N) is 1. The predicted octanol–water partition coefficient (Wildman–Crippen LogP) is 4.83. The molecule has 1 amide bonds. The molecule has 2 aromatic heterocycles. The van der Waals surface area contributed by atoms with E-state index in [4.69, 9.17) is 15.2 Å². The van der Waals surface area contributed by atoms with Crippen LogP contribution in [0.25, 0.3) is 22.3 Å². The van der Waals surface area contributed by atoms with Crippen LogP contribution >= 0.6 is 0 Å². The molecule has 2 aliphatic heterocycles. The molecule has 4 heterocycles. The molecule has 3 atom stereocenters. The van der Waals surface area contributed by atoms with E-state index >= 15 is 0 Å². The van der Waals surface area contributed by atoms with E-state index in [1.165, 1.54) is 24.0 Å². The van der Waals surface area contributed by atoms with Gasteiger partial charge in [0.05, 0.1) is 43.7 Å². The van der Waals surface area contributed by atoms with Crippen LogP contribution in [0.3, 0.4) is 0 Å². The third-order valence-corrected chi connectivity index (χ3v) is 10.0. The van der Waals surface area contributed by atoms with Crippen molar-refractivity contribution in [1.82, 2.24) is 25.1 Å². The predicted molar refractivity (Wildman–Crippen MR) is 185 cm³/mol. The number of ether oxygens (including phenoxy) is 2. The maximum atomic E-state index is 13.7. The molecule has 11 heteroatoms. The van der Waals surface area contributed by atoms with E-state index in [1.807, 2.05) is 0 Å². The minimum absolute atomic E-state index is 0.111. The van der Waals surface area contributed by atoms with Gasteiger partial charge in [0.1, 0.15) is 17.4 Å². The highest BCUT2D eigenvalue weighted by atomic mass is 19.1. The number of piperazine rings is 1. The fraction of sp³-hybridized carbons (Fsp3) is 0.395. The highest BCUT2D eigenvalue weighted by molar-refractivity contribution is 5.99. The van der Waals surface area contributed by atoms with Crippen molar-refractivity contribution in [3.05, 3.63) is 95.7 Å². The molecule has 10 nitrogen and oxygen atoms in total. The molecule has 0 bridgehead atoms. The number of hydrogen-bond donors (Lipinski definition) is 3. The van der Waals surface area contributed by atoms with E-state index in [1.54, 1.807) is 6.07 Å². The number of benzene rings is 2. The molecular weight excluding hydrogens is 623 g/mol. The smallest absolute Gasteiger partial charge is 0.255 e. The van der Waals surface area contributed by atoms with Crippen LogP contribution in [0, 0.1) is 5.82 Å². The number of rotatable bonds is 10. The summed E-state index contributed by atoms with van der Waals surface area (Å²) < 4.78 is 26.2. The first kappa shape index (κ1) is 33.1. The number of aliphatic hydroxyl groups is 1. The summed E-state index contributed by atoms with van der Waals surface area (Å²) in [6.45, 7) is 6.06. The molecule has 3 aliphatic rings. The lowest BCUT2D eigenvalue weighted by molar-refractivity contribution is 0.0272. The van der Waals surface area contributed by atoms with Gasteiger partial charge in [-0.25, -0.2) is 9.37 Å². The minimum Gasteiger partial charge on any atom is -0.493 e. The molecule has 1 saturated heterocycles. The summed E-state index contributed by atoms with van der Waals surface area (Å²) in [5.41, 5.74) is 11.9.